The maximum atomic E-state index is 12.4. The van der Waals surface area contributed by atoms with Crippen LogP contribution >= 0.6 is 0 Å². The summed E-state index contributed by atoms with van der Waals surface area (Å²) in [7, 11) is 0. The smallest absolute Gasteiger partial charge is 0.253 e. The van der Waals surface area contributed by atoms with Crippen LogP contribution in [0.15, 0.2) is 36.4 Å². The lowest BCUT2D eigenvalue weighted by molar-refractivity contribution is 0.0940. The number of carbonyl (C=O) groups is 1. The Morgan fingerprint density at radius 2 is 2.11 bits per heavy atom. The van der Waals surface area contributed by atoms with Crippen molar-refractivity contribution in [1.82, 2.24) is 20.3 Å². The van der Waals surface area contributed by atoms with Crippen LogP contribution in [0.4, 0.5) is 0 Å². The number of H-pyrrole nitrogens is 1. The Labute approximate surface area is 156 Å². The highest BCUT2D eigenvalue weighted by Crippen LogP contribution is 2.34. The van der Waals surface area contributed by atoms with Gasteiger partial charge in [-0.3, -0.25) is 4.79 Å². The molecule has 0 aliphatic carbocycles. The molecule has 2 atom stereocenters. The number of nitrogens with one attached hydrogen (secondary N) is 2. The third kappa shape index (κ3) is 2.60. The average molecular weight is 360 g/mol. The van der Waals surface area contributed by atoms with E-state index >= 15 is 0 Å². The van der Waals surface area contributed by atoms with E-state index in [0.717, 1.165) is 40.1 Å². The van der Waals surface area contributed by atoms with Crippen molar-refractivity contribution in [2.24, 2.45) is 0 Å². The van der Waals surface area contributed by atoms with Gasteiger partial charge in [-0.1, -0.05) is 18.2 Å². The van der Waals surface area contributed by atoms with Gasteiger partial charge in [-0.25, -0.2) is 9.97 Å². The summed E-state index contributed by atoms with van der Waals surface area (Å²) in [5.74, 6) is 0.727. The maximum Gasteiger partial charge on any atom is 0.253 e. The van der Waals surface area contributed by atoms with E-state index in [1.807, 2.05) is 44.2 Å². The molecule has 1 amide bonds. The van der Waals surface area contributed by atoms with Crippen molar-refractivity contribution in [1.29, 1.82) is 0 Å². The standard InChI is InChI=1S/C21H20N4O2/c1-11-5-3-6-13-10-22-20(26)15-9-17(24-18(13)15)14-7-4-8-16-19(14)25-21(27-11)12(2)23-16/h3-5,7-9,11,13,24H,6,10H2,1-2H3,(H,22,26). The largest absolute Gasteiger partial charge is 0.469 e. The number of allylic oxidation sites excluding steroid dienone is 1. The summed E-state index contributed by atoms with van der Waals surface area (Å²) in [5.41, 5.74) is 5.85. The first kappa shape index (κ1) is 16.1. The van der Waals surface area contributed by atoms with Crippen LogP contribution in [0.2, 0.25) is 0 Å². The summed E-state index contributed by atoms with van der Waals surface area (Å²) in [4.78, 5) is 25.3. The zero-order chi connectivity index (χ0) is 18.5. The molecule has 5 rings (SSSR count). The number of amides is 1. The van der Waals surface area contributed by atoms with Gasteiger partial charge in [-0.05, 0) is 38.5 Å². The molecule has 2 aliphatic rings. The second-order valence-corrected chi connectivity index (χ2v) is 7.19. The first-order valence-corrected chi connectivity index (χ1v) is 9.22. The molecule has 2 aromatic heterocycles. The number of ether oxygens (including phenoxy) is 1. The monoisotopic (exact) mass is 360 g/mol. The van der Waals surface area contributed by atoms with Crippen molar-refractivity contribution in [3.63, 3.8) is 0 Å². The van der Waals surface area contributed by atoms with E-state index in [4.69, 9.17) is 9.72 Å². The molecule has 0 fully saturated rings. The fourth-order valence-electron chi connectivity index (χ4n) is 3.87. The Balaban J connectivity index is 1.80. The quantitative estimate of drug-likeness (QED) is 0.602. The highest BCUT2D eigenvalue weighted by Gasteiger charge is 2.28. The molecule has 2 aliphatic heterocycles. The third-order valence-corrected chi connectivity index (χ3v) is 5.25. The van der Waals surface area contributed by atoms with Crippen molar-refractivity contribution >= 4 is 16.9 Å². The third-order valence-electron chi connectivity index (χ3n) is 5.25. The van der Waals surface area contributed by atoms with Crippen LogP contribution in [-0.2, 0) is 0 Å². The SMILES string of the molecule is Cc1nc2cccc3c2nc1OC(C)C=CCC1CNC(=O)c2cc-3[nH]c21. The van der Waals surface area contributed by atoms with Gasteiger partial charge in [-0.15, -0.1) is 0 Å². The van der Waals surface area contributed by atoms with Crippen LogP contribution < -0.4 is 10.1 Å². The number of aromatic amines is 1. The molecule has 3 aromatic rings. The summed E-state index contributed by atoms with van der Waals surface area (Å²) < 4.78 is 6.04. The number of fused-ring (bicyclic) bond motifs is 3. The zero-order valence-corrected chi connectivity index (χ0v) is 15.2. The molecular formula is C21H20N4O2. The molecule has 0 spiro atoms. The van der Waals surface area contributed by atoms with Gasteiger partial charge in [-0.2, -0.15) is 0 Å². The van der Waals surface area contributed by atoms with Crippen molar-refractivity contribution in [3.05, 3.63) is 53.4 Å². The van der Waals surface area contributed by atoms with Gasteiger partial charge in [0.15, 0.2) is 0 Å². The van der Waals surface area contributed by atoms with E-state index in [9.17, 15) is 4.79 Å². The topological polar surface area (TPSA) is 79.9 Å². The van der Waals surface area contributed by atoms with Gasteiger partial charge in [0.05, 0.1) is 11.1 Å². The molecule has 1 aromatic carbocycles. The van der Waals surface area contributed by atoms with Gasteiger partial charge in [0.25, 0.3) is 5.91 Å². The first-order chi connectivity index (χ1) is 13.1. The van der Waals surface area contributed by atoms with Crippen LogP contribution in [0.25, 0.3) is 22.3 Å². The molecule has 6 heteroatoms. The lowest BCUT2D eigenvalue weighted by atomic mass is 9.94. The highest BCUT2D eigenvalue weighted by atomic mass is 16.5. The number of hydrogen-bond donors (Lipinski definition) is 2. The fraction of sp³-hybridized carbons (Fsp3) is 0.286. The number of hydrogen-bond acceptors (Lipinski definition) is 4. The number of rotatable bonds is 0. The maximum absolute atomic E-state index is 12.4. The Morgan fingerprint density at radius 1 is 1.22 bits per heavy atom. The number of para-hydroxylation sites is 1. The lowest BCUT2D eigenvalue weighted by Gasteiger charge is -2.22. The molecule has 27 heavy (non-hydrogen) atoms. The van der Waals surface area contributed by atoms with Crippen molar-refractivity contribution in [2.75, 3.05) is 6.54 Å². The number of nitrogens with zero attached hydrogens (tertiary/aromatic N) is 2. The molecule has 0 saturated carbocycles. The first-order valence-electron chi connectivity index (χ1n) is 9.22. The predicted octanol–water partition coefficient (Wildman–Crippen LogP) is 3.49. The van der Waals surface area contributed by atoms with E-state index in [1.165, 1.54) is 0 Å². The normalized spacial score (nSPS) is 21.2. The van der Waals surface area contributed by atoms with E-state index in [2.05, 4.69) is 21.4 Å². The van der Waals surface area contributed by atoms with Crippen LogP contribution in [0.5, 0.6) is 5.88 Å². The summed E-state index contributed by atoms with van der Waals surface area (Å²) in [6.07, 6.45) is 4.87. The summed E-state index contributed by atoms with van der Waals surface area (Å²) in [6.45, 7) is 4.53. The van der Waals surface area contributed by atoms with Crippen LogP contribution in [0, 0.1) is 6.92 Å². The van der Waals surface area contributed by atoms with Crippen LogP contribution in [0.3, 0.4) is 0 Å². The van der Waals surface area contributed by atoms with Gasteiger partial charge in [0.2, 0.25) is 5.88 Å². The zero-order valence-electron chi connectivity index (χ0n) is 15.2. The molecule has 2 N–H and O–H groups in total. The lowest BCUT2D eigenvalue weighted by Crippen LogP contribution is -2.34. The summed E-state index contributed by atoms with van der Waals surface area (Å²) in [6, 6.07) is 7.84. The molecule has 0 saturated heterocycles. The van der Waals surface area contributed by atoms with E-state index in [0.29, 0.717) is 18.0 Å². The molecule has 2 unspecified atom stereocenters. The minimum absolute atomic E-state index is 0.0284. The molecule has 0 radical (unpaired) electrons. The summed E-state index contributed by atoms with van der Waals surface area (Å²) in [5, 5.41) is 3.00. The molecule has 4 bridgehead atoms. The average Bonchev–Trinajstić information content (AvgIpc) is 3.09. The Hall–Kier alpha value is -3.15. The molecule has 136 valence electrons. The number of aromatic nitrogens is 3. The summed E-state index contributed by atoms with van der Waals surface area (Å²) >= 11 is 0. The Kier molecular flexibility index (Phi) is 3.53. The minimum atomic E-state index is -0.112. The number of aryl methyl sites for hydroxylation is 1. The van der Waals surface area contributed by atoms with Crippen molar-refractivity contribution in [2.45, 2.75) is 32.3 Å². The van der Waals surface area contributed by atoms with E-state index < -0.39 is 0 Å². The van der Waals surface area contributed by atoms with Crippen LogP contribution in [-0.4, -0.2) is 33.5 Å². The van der Waals surface area contributed by atoms with Gasteiger partial charge < -0.3 is 15.0 Å². The van der Waals surface area contributed by atoms with Gasteiger partial charge >= 0.3 is 0 Å². The van der Waals surface area contributed by atoms with Crippen LogP contribution in [0.1, 0.15) is 41.0 Å². The Morgan fingerprint density at radius 3 is 3.00 bits per heavy atom. The predicted molar refractivity (Wildman–Crippen MR) is 103 cm³/mol. The second kappa shape index (κ2) is 5.94. The molecule has 6 nitrogen and oxygen atoms in total. The fourth-order valence-corrected chi connectivity index (χ4v) is 3.87. The van der Waals surface area contributed by atoms with E-state index in [-0.39, 0.29) is 17.9 Å². The van der Waals surface area contributed by atoms with E-state index in [1.54, 1.807) is 0 Å². The van der Waals surface area contributed by atoms with Gasteiger partial charge in [0, 0.05) is 29.4 Å². The van der Waals surface area contributed by atoms with Gasteiger partial charge in [0.1, 0.15) is 17.3 Å². The molecular weight excluding hydrogens is 340 g/mol. The highest BCUT2D eigenvalue weighted by molar-refractivity contribution is 6.00. The Bertz CT molecular complexity index is 1100. The number of benzene rings is 1. The minimum Gasteiger partial charge on any atom is -0.469 e. The van der Waals surface area contributed by atoms with Crippen molar-refractivity contribution < 1.29 is 9.53 Å². The number of carbonyl (C=O) groups excluding carboxylic acids is 1. The second-order valence-electron chi connectivity index (χ2n) is 7.19. The van der Waals surface area contributed by atoms with Crippen molar-refractivity contribution in [3.8, 4) is 17.1 Å². The molecule has 4 heterocycles.